The Kier molecular flexibility index (Phi) is 2.25. The summed E-state index contributed by atoms with van der Waals surface area (Å²) in [6, 6.07) is 3.73. The zero-order valence-electron chi connectivity index (χ0n) is 7.49. The number of rotatable bonds is 1. The summed E-state index contributed by atoms with van der Waals surface area (Å²) < 4.78 is 6.07. The van der Waals surface area contributed by atoms with E-state index in [1.165, 1.54) is 6.33 Å². The Morgan fingerprint density at radius 2 is 2.14 bits per heavy atom. The molecule has 0 saturated carbocycles. The van der Waals surface area contributed by atoms with Crippen LogP contribution in [0.15, 0.2) is 22.9 Å². The summed E-state index contributed by atoms with van der Waals surface area (Å²) in [5.74, 6) is 1.09. The van der Waals surface area contributed by atoms with E-state index in [0.29, 0.717) is 11.6 Å². The van der Waals surface area contributed by atoms with Crippen molar-refractivity contribution in [3.63, 3.8) is 0 Å². The van der Waals surface area contributed by atoms with Crippen LogP contribution in [0.2, 0.25) is 0 Å². The Balaban J connectivity index is 2.91. The van der Waals surface area contributed by atoms with Crippen LogP contribution >= 0.6 is 15.9 Å². The summed E-state index contributed by atoms with van der Waals surface area (Å²) in [6.45, 7) is 0. The topological polar surface area (TPSA) is 61.0 Å². The molecule has 72 valence electrons. The number of anilines is 1. The molecule has 4 nitrogen and oxygen atoms in total. The summed E-state index contributed by atoms with van der Waals surface area (Å²) in [5.41, 5.74) is 6.53. The highest BCUT2D eigenvalue weighted by molar-refractivity contribution is 9.10. The van der Waals surface area contributed by atoms with Gasteiger partial charge in [0.25, 0.3) is 0 Å². The molecule has 0 fully saturated rings. The van der Waals surface area contributed by atoms with Gasteiger partial charge in [-0.3, -0.25) is 0 Å². The van der Waals surface area contributed by atoms with E-state index in [2.05, 4.69) is 25.9 Å². The molecule has 0 saturated heterocycles. The minimum absolute atomic E-state index is 0.424. The molecule has 2 rings (SSSR count). The smallest absolute Gasteiger partial charge is 0.146 e. The van der Waals surface area contributed by atoms with Gasteiger partial charge in [0.15, 0.2) is 0 Å². The molecule has 0 aliphatic heterocycles. The SMILES string of the molecule is COc1c(Br)ccc2ncnc(N)c12. The van der Waals surface area contributed by atoms with Crippen LogP contribution in [0.1, 0.15) is 0 Å². The van der Waals surface area contributed by atoms with Gasteiger partial charge in [0.2, 0.25) is 0 Å². The van der Waals surface area contributed by atoms with Crippen molar-refractivity contribution in [2.75, 3.05) is 12.8 Å². The van der Waals surface area contributed by atoms with Crippen molar-refractivity contribution < 1.29 is 4.74 Å². The fourth-order valence-electron chi connectivity index (χ4n) is 1.32. The van der Waals surface area contributed by atoms with Gasteiger partial charge in [0.05, 0.1) is 22.5 Å². The summed E-state index contributed by atoms with van der Waals surface area (Å²) >= 11 is 3.38. The van der Waals surface area contributed by atoms with Crippen LogP contribution in [0, 0.1) is 0 Å². The third-order valence-corrected chi connectivity index (χ3v) is 2.57. The number of methoxy groups -OCH3 is 1. The van der Waals surface area contributed by atoms with E-state index in [-0.39, 0.29) is 0 Å². The van der Waals surface area contributed by atoms with Crippen LogP contribution in [-0.4, -0.2) is 17.1 Å². The molecule has 0 aliphatic rings. The maximum Gasteiger partial charge on any atom is 0.146 e. The van der Waals surface area contributed by atoms with Crippen molar-refractivity contribution in [1.82, 2.24) is 9.97 Å². The Hall–Kier alpha value is -1.36. The van der Waals surface area contributed by atoms with Crippen LogP contribution in [0.3, 0.4) is 0 Å². The first kappa shape index (κ1) is 9.21. The van der Waals surface area contributed by atoms with Gasteiger partial charge >= 0.3 is 0 Å². The quantitative estimate of drug-likeness (QED) is 0.845. The zero-order chi connectivity index (χ0) is 10.1. The van der Waals surface area contributed by atoms with E-state index in [1.807, 2.05) is 12.1 Å². The molecule has 0 atom stereocenters. The first-order valence-corrected chi connectivity index (χ1v) is 4.76. The number of fused-ring (bicyclic) bond motifs is 1. The molecule has 2 N–H and O–H groups in total. The first-order valence-electron chi connectivity index (χ1n) is 3.96. The molecule has 0 spiro atoms. The van der Waals surface area contributed by atoms with Crippen molar-refractivity contribution in [1.29, 1.82) is 0 Å². The van der Waals surface area contributed by atoms with Gasteiger partial charge in [-0.15, -0.1) is 0 Å². The summed E-state index contributed by atoms with van der Waals surface area (Å²) in [7, 11) is 1.59. The monoisotopic (exact) mass is 253 g/mol. The Bertz CT molecular complexity index is 487. The number of ether oxygens (including phenoxy) is 1. The minimum Gasteiger partial charge on any atom is -0.495 e. The average Bonchev–Trinajstić information content (AvgIpc) is 2.19. The van der Waals surface area contributed by atoms with E-state index < -0.39 is 0 Å². The Morgan fingerprint density at radius 1 is 1.36 bits per heavy atom. The standard InChI is InChI=1S/C9H8BrN3O/c1-14-8-5(10)2-3-6-7(8)9(11)13-4-12-6/h2-4H,1H3,(H2,11,12,13). The first-order chi connectivity index (χ1) is 6.74. The average molecular weight is 254 g/mol. The highest BCUT2D eigenvalue weighted by atomic mass is 79.9. The fourth-order valence-corrected chi connectivity index (χ4v) is 1.81. The molecule has 5 heteroatoms. The molecule has 0 unspecified atom stereocenters. The van der Waals surface area contributed by atoms with Gasteiger partial charge < -0.3 is 10.5 Å². The number of hydrogen-bond acceptors (Lipinski definition) is 4. The second-order valence-electron chi connectivity index (χ2n) is 2.73. The third kappa shape index (κ3) is 1.29. The number of aromatic nitrogens is 2. The summed E-state index contributed by atoms with van der Waals surface area (Å²) in [5, 5.41) is 0.740. The lowest BCUT2D eigenvalue weighted by Gasteiger charge is -2.07. The molecular formula is C9H8BrN3O. The van der Waals surface area contributed by atoms with Gasteiger partial charge in [-0.05, 0) is 28.1 Å². The predicted octanol–water partition coefficient (Wildman–Crippen LogP) is 1.98. The molecule has 0 radical (unpaired) electrons. The second kappa shape index (κ2) is 3.42. The largest absolute Gasteiger partial charge is 0.495 e. The molecule has 0 amide bonds. The lowest BCUT2D eigenvalue weighted by molar-refractivity contribution is 0.417. The molecule has 0 aliphatic carbocycles. The van der Waals surface area contributed by atoms with Crippen molar-refractivity contribution in [3.8, 4) is 5.75 Å². The van der Waals surface area contributed by atoms with Gasteiger partial charge in [0.1, 0.15) is 17.9 Å². The lowest BCUT2D eigenvalue weighted by Crippen LogP contribution is -1.96. The normalized spacial score (nSPS) is 10.4. The number of benzene rings is 1. The van der Waals surface area contributed by atoms with Crippen LogP contribution in [0.4, 0.5) is 5.82 Å². The van der Waals surface area contributed by atoms with Gasteiger partial charge in [-0.1, -0.05) is 0 Å². The summed E-state index contributed by atoms with van der Waals surface area (Å²) in [6.07, 6.45) is 1.44. The lowest BCUT2D eigenvalue weighted by atomic mass is 10.2. The number of hydrogen-bond donors (Lipinski definition) is 1. The molecular weight excluding hydrogens is 246 g/mol. The van der Waals surface area contributed by atoms with Crippen molar-refractivity contribution in [2.24, 2.45) is 0 Å². The fraction of sp³-hybridized carbons (Fsp3) is 0.111. The third-order valence-electron chi connectivity index (χ3n) is 1.94. The minimum atomic E-state index is 0.424. The Labute approximate surface area is 89.2 Å². The van der Waals surface area contributed by atoms with E-state index in [4.69, 9.17) is 10.5 Å². The zero-order valence-corrected chi connectivity index (χ0v) is 9.08. The van der Waals surface area contributed by atoms with E-state index in [9.17, 15) is 0 Å². The van der Waals surface area contributed by atoms with Gasteiger partial charge in [-0.2, -0.15) is 0 Å². The highest BCUT2D eigenvalue weighted by Crippen LogP contribution is 2.34. The number of nitrogens with zero attached hydrogens (tertiary/aromatic N) is 2. The predicted molar refractivity (Wildman–Crippen MR) is 58.2 cm³/mol. The van der Waals surface area contributed by atoms with Crippen LogP contribution in [-0.2, 0) is 0 Å². The van der Waals surface area contributed by atoms with Crippen LogP contribution < -0.4 is 10.5 Å². The molecule has 2 aromatic rings. The second-order valence-corrected chi connectivity index (χ2v) is 3.59. The maximum absolute atomic E-state index is 5.75. The molecule has 1 heterocycles. The number of nitrogens with two attached hydrogens (primary N) is 1. The van der Waals surface area contributed by atoms with Crippen LogP contribution in [0.5, 0.6) is 5.75 Å². The molecule has 1 aromatic heterocycles. The summed E-state index contributed by atoms with van der Waals surface area (Å²) in [4.78, 5) is 8.02. The van der Waals surface area contributed by atoms with E-state index in [0.717, 1.165) is 15.4 Å². The number of halogens is 1. The molecule has 14 heavy (non-hydrogen) atoms. The van der Waals surface area contributed by atoms with Gasteiger partial charge in [0, 0.05) is 0 Å². The van der Waals surface area contributed by atoms with Gasteiger partial charge in [-0.25, -0.2) is 9.97 Å². The number of nitrogen functional groups attached to an aromatic ring is 1. The molecule has 0 bridgehead atoms. The van der Waals surface area contributed by atoms with Crippen LogP contribution in [0.25, 0.3) is 10.9 Å². The Morgan fingerprint density at radius 3 is 2.86 bits per heavy atom. The van der Waals surface area contributed by atoms with Crippen molar-refractivity contribution >= 4 is 32.7 Å². The van der Waals surface area contributed by atoms with Crippen molar-refractivity contribution in [3.05, 3.63) is 22.9 Å². The van der Waals surface area contributed by atoms with Crippen molar-refractivity contribution in [2.45, 2.75) is 0 Å². The van der Waals surface area contributed by atoms with E-state index in [1.54, 1.807) is 7.11 Å². The maximum atomic E-state index is 5.75. The van der Waals surface area contributed by atoms with E-state index >= 15 is 0 Å². The highest BCUT2D eigenvalue weighted by Gasteiger charge is 2.10. The molecule has 1 aromatic carbocycles.